The first-order chi connectivity index (χ1) is 18.7. The van der Waals surface area contributed by atoms with E-state index >= 15 is 0 Å². The molecule has 9 heteroatoms. The highest BCUT2D eigenvalue weighted by atomic mass is 16.2. The number of rotatable bonds is 10. The summed E-state index contributed by atoms with van der Waals surface area (Å²) in [4.78, 5) is 67.1. The molecule has 3 rings (SSSR count). The molecule has 5 atom stereocenters. The van der Waals surface area contributed by atoms with Crippen molar-refractivity contribution in [1.29, 1.82) is 0 Å². The number of hydrogen-bond donors (Lipinski definition) is 2. The van der Waals surface area contributed by atoms with Gasteiger partial charge in [-0.15, -0.1) is 0 Å². The number of nitrogens with zero attached hydrogens (tertiary/aromatic N) is 2. The molecule has 2 saturated heterocycles. The van der Waals surface area contributed by atoms with Gasteiger partial charge in [0.05, 0.1) is 12.6 Å². The average molecular weight is 555 g/mol. The predicted molar refractivity (Wildman–Crippen MR) is 154 cm³/mol. The fourth-order valence-corrected chi connectivity index (χ4v) is 5.64. The van der Waals surface area contributed by atoms with Gasteiger partial charge in [-0.3, -0.25) is 24.0 Å². The second-order valence-corrected chi connectivity index (χ2v) is 12.6. The average Bonchev–Trinajstić information content (AvgIpc) is 3.47. The van der Waals surface area contributed by atoms with E-state index in [0.29, 0.717) is 37.9 Å². The third kappa shape index (κ3) is 7.29. The van der Waals surface area contributed by atoms with E-state index in [-0.39, 0.29) is 65.7 Å². The van der Waals surface area contributed by atoms with Crippen LogP contribution in [0.5, 0.6) is 0 Å². The van der Waals surface area contributed by atoms with Crippen LogP contribution in [0.1, 0.15) is 90.1 Å². The van der Waals surface area contributed by atoms with Crippen molar-refractivity contribution in [3.8, 4) is 0 Å². The maximum Gasteiger partial charge on any atom is 0.251 e. The van der Waals surface area contributed by atoms with Crippen molar-refractivity contribution >= 4 is 29.4 Å². The molecule has 0 bridgehead atoms. The maximum absolute atomic E-state index is 13.4. The van der Waals surface area contributed by atoms with Gasteiger partial charge >= 0.3 is 0 Å². The Kier molecular flexibility index (Phi) is 10.1. The summed E-state index contributed by atoms with van der Waals surface area (Å²) in [5.41, 5.74) is 1.79. The van der Waals surface area contributed by atoms with Gasteiger partial charge < -0.3 is 20.4 Å². The summed E-state index contributed by atoms with van der Waals surface area (Å²) in [6.07, 6.45) is 2.14. The molecule has 2 aliphatic rings. The number of likely N-dealkylation sites (tertiary alicyclic amines) is 2. The molecule has 40 heavy (non-hydrogen) atoms. The Morgan fingerprint density at radius 2 is 1.70 bits per heavy atom. The summed E-state index contributed by atoms with van der Waals surface area (Å²) < 4.78 is 0. The summed E-state index contributed by atoms with van der Waals surface area (Å²) in [6.45, 7) is 14.4. The third-order valence-electron chi connectivity index (χ3n) is 8.32. The standard InChI is InChI=1S/C31H46N4O5/c1-8-20(3)27(33-21(4)36)30(40)35-18-25(37)28-24(35)14-16-34(28)26(38)17-19(2)13-15-32-29(39)22-9-11-23(12-10-22)31(5,6)7/h9-12,19-20,24,27-28H,8,13-18H2,1-7H3,(H,32,39)(H,33,36). The molecule has 0 saturated carbocycles. The maximum atomic E-state index is 13.4. The number of amides is 4. The molecule has 0 aromatic heterocycles. The summed E-state index contributed by atoms with van der Waals surface area (Å²) in [6, 6.07) is 5.94. The lowest BCUT2D eigenvalue weighted by Crippen LogP contribution is -2.53. The van der Waals surface area contributed by atoms with Crippen LogP contribution in [0.4, 0.5) is 0 Å². The number of carbonyl (C=O) groups is 5. The molecule has 0 radical (unpaired) electrons. The second-order valence-electron chi connectivity index (χ2n) is 12.6. The molecule has 0 spiro atoms. The molecule has 220 valence electrons. The lowest BCUT2D eigenvalue weighted by Gasteiger charge is -2.30. The van der Waals surface area contributed by atoms with Crippen molar-refractivity contribution < 1.29 is 24.0 Å². The number of fused-ring (bicyclic) bond motifs is 1. The number of benzene rings is 1. The molecular weight excluding hydrogens is 508 g/mol. The molecule has 1 aromatic carbocycles. The fraction of sp³-hybridized carbons (Fsp3) is 0.645. The van der Waals surface area contributed by atoms with E-state index in [4.69, 9.17) is 0 Å². The van der Waals surface area contributed by atoms with Gasteiger partial charge in [-0.25, -0.2) is 0 Å². The predicted octanol–water partition coefficient (Wildman–Crippen LogP) is 3.06. The molecule has 4 amide bonds. The molecule has 2 aliphatic heterocycles. The normalized spacial score (nSPS) is 21.0. The van der Waals surface area contributed by atoms with E-state index < -0.39 is 12.1 Å². The first-order valence-corrected chi connectivity index (χ1v) is 14.5. The highest BCUT2D eigenvalue weighted by Crippen LogP contribution is 2.32. The third-order valence-corrected chi connectivity index (χ3v) is 8.32. The van der Waals surface area contributed by atoms with Crippen molar-refractivity contribution in [2.75, 3.05) is 19.6 Å². The van der Waals surface area contributed by atoms with Gasteiger partial charge in [0.25, 0.3) is 5.91 Å². The van der Waals surface area contributed by atoms with Gasteiger partial charge in [0, 0.05) is 32.0 Å². The minimum atomic E-state index is -0.689. The van der Waals surface area contributed by atoms with Gasteiger partial charge in [-0.05, 0) is 47.8 Å². The molecule has 0 aliphatic carbocycles. The highest BCUT2D eigenvalue weighted by molar-refractivity contribution is 5.99. The van der Waals surface area contributed by atoms with Crippen LogP contribution in [-0.2, 0) is 24.6 Å². The van der Waals surface area contributed by atoms with Crippen molar-refractivity contribution in [1.82, 2.24) is 20.4 Å². The SMILES string of the molecule is CCC(C)C(NC(C)=O)C(=O)N1CC(=O)C2C1CCN2C(=O)CC(C)CCNC(=O)c1ccc(C(C)(C)C)cc1. The first kappa shape index (κ1) is 31.3. The smallest absolute Gasteiger partial charge is 0.251 e. The summed E-state index contributed by atoms with van der Waals surface area (Å²) in [7, 11) is 0. The molecule has 2 heterocycles. The lowest BCUT2D eigenvalue weighted by atomic mass is 9.87. The number of hydrogen-bond acceptors (Lipinski definition) is 5. The molecule has 2 N–H and O–H groups in total. The van der Waals surface area contributed by atoms with Crippen LogP contribution >= 0.6 is 0 Å². The van der Waals surface area contributed by atoms with Crippen LogP contribution in [0.2, 0.25) is 0 Å². The van der Waals surface area contributed by atoms with E-state index in [9.17, 15) is 24.0 Å². The second kappa shape index (κ2) is 13.0. The Balaban J connectivity index is 1.52. The molecule has 5 unspecified atom stereocenters. The quantitative estimate of drug-likeness (QED) is 0.461. The number of ketones is 1. The van der Waals surface area contributed by atoms with Crippen LogP contribution in [0.15, 0.2) is 24.3 Å². The highest BCUT2D eigenvalue weighted by Gasteiger charge is 2.52. The van der Waals surface area contributed by atoms with E-state index in [1.54, 1.807) is 9.80 Å². The van der Waals surface area contributed by atoms with Crippen molar-refractivity contribution in [2.45, 2.75) is 97.7 Å². The Bertz CT molecular complexity index is 1110. The number of Topliss-reactive ketones (excluding diaryl/α,β-unsaturated/α-hetero) is 1. The minimum Gasteiger partial charge on any atom is -0.352 e. The zero-order valence-corrected chi connectivity index (χ0v) is 25.1. The van der Waals surface area contributed by atoms with E-state index in [0.717, 1.165) is 5.56 Å². The summed E-state index contributed by atoms with van der Waals surface area (Å²) in [5, 5.41) is 5.70. The van der Waals surface area contributed by atoms with E-state index in [1.807, 2.05) is 45.0 Å². The molecule has 2 fully saturated rings. The topological polar surface area (TPSA) is 116 Å². The van der Waals surface area contributed by atoms with Gasteiger partial charge in [0.1, 0.15) is 12.1 Å². The minimum absolute atomic E-state index is 0.0129. The van der Waals surface area contributed by atoms with E-state index in [1.165, 1.54) is 6.92 Å². The van der Waals surface area contributed by atoms with Gasteiger partial charge in [-0.1, -0.05) is 60.1 Å². The van der Waals surface area contributed by atoms with Crippen LogP contribution in [-0.4, -0.2) is 77.0 Å². The Hall–Kier alpha value is -3.23. The van der Waals surface area contributed by atoms with Gasteiger partial charge in [0.2, 0.25) is 17.7 Å². The van der Waals surface area contributed by atoms with Crippen LogP contribution in [0.3, 0.4) is 0 Å². The summed E-state index contributed by atoms with van der Waals surface area (Å²) >= 11 is 0. The number of carbonyl (C=O) groups excluding carboxylic acids is 5. The van der Waals surface area contributed by atoms with Crippen LogP contribution in [0, 0.1) is 11.8 Å². The number of nitrogens with one attached hydrogen (secondary N) is 2. The zero-order valence-electron chi connectivity index (χ0n) is 25.1. The first-order valence-electron chi connectivity index (χ1n) is 14.5. The summed E-state index contributed by atoms with van der Waals surface area (Å²) in [5.74, 6) is -0.978. The Morgan fingerprint density at radius 3 is 2.27 bits per heavy atom. The van der Waals surface area contributed by atoms with Crippen molar-refractivity contribution in [3.05, 3.63) is 35.4 Å². The molecule has 9 nitrogen and oxygen atoms in total. The Labute approximate surface area is 238 Å². The van der Waals surface area contributed by atoms with Crippen LogP contribution in [0.25, 0.3) is 0 Å². The van der Waals surface area contributed by atoms with Crippen LogP contribution < -0.4 is 10.6 Å². The van der Waals surface area contributed by atoms with E-state index in [2.05, 4.69) is 31.4 Å². The molecular formula is C31H46N4O5. The monoisotopic (exact) mass is 554 g/mol. The lowest BCUT2D eigenvalue weighted by molar-refractivity contribution is -0.139. The zero-order chi connectivity index (χ0) is 29.8. The van der Waals surface area contributed by atoms with Crippen molar-refractivity contribution in [2.24, 2.45) is 11.8 Å². The van der Waals surface area contributed by atoms with Gasteiger partial charge in [0.15, 0.2) is 5.78 Å². The Morgan fingerprint density at radius 1 is 1.05 bits per heavy atom. The molecule has 1 aromatic rings. The fourth-order valence-electron chi connectivity index (χ4n) is 5.64. The van der Waals surface area contributed by atoms with Gasteiger partial charge in [-0.2, -0.15) is 0 Å². The largest absolute Gasteiger partial charge is 0.352 e. The van der Waals surface area contributed by atoms with Crippen molar-refractivity contribution in [3.63, 3.8) is 0 Å².